The summed E-state index contributed by atoms with van der Waals surface area (Å²) in [6.07, 6.45) is -3.09. The van der Waals surface area contributed by atoms with Crippen molar-refractivity contribution in [2.45, 2.75) is 26.1 Å². The molecule has 0 saturated carbocycles. The summed E-state index contributed by atoms with van der Waals surface area (Å²) in [5.41, 5.74) is -0.915. The third-order valence-electron chi connectivity index (χ3n) is 3.97. The van der Waals surface area contributed by atoms with E-state index in [1.54, 1.807) is 11.4 Å². The number of hydrogen-bond donors (Lipinski definition) is 0. The zero-order valence-corrected chi connectivity index (χ0v) is 16.6. The lowest BCUT2D eigenvalue weighted by Gasteiger charge is -2.18. The number of halogens is 4. The van der Waals surface area contributed by atoms with Crippen molar-refractivity contribution in [2.75, 3.05) is 7.05 Å². The van der Waals surface area contributed by atoms with Crippen LogP contribution in [0.3, 0.4) is 0 Å². The molecule has 0 fully saturated rings. The fourth-order valence-electron chi connectivity index (χ4n) is 2.69. The van der Waals surface area contributed by atoms with Crippen LogP contribution in [0.2, 0.25) is 5.02 Å². The van der Waals surface area contributed by atoms with Crippen LogP contribution in [-0.2, 0) is 19.1 Å². The summed E-state index contributed by atoms with van der Waals surface area (Å²) in [6, 6.07) is 5.84. The van der Waals surface area contributed by atoms with E-state index < -0.39 is 23.3 Å². The van der Waals surface area contributed by atoms with Crippen LogP contribution in [0, 0.1) is 0 Å². The second kappa shape index (κ2) is 7.92. The van der Waals surface area contributed by atoms with E-state index in [1.807, 2.05) is 6.92 Å². The van der Waals surface area contributed by atoms with Gasteiger partial charge in [-0.25, -0.2) is 9.67 Å². The van der Waals surface area contributed by atoms with Crippen LogP contribution in [0.25, 0.3) is 5.69 Å². The molecule has 0 saturated heterocycles. The standard InChI is InChI=1S/C18H16ClF3N4OS/c1-3-15-24-12(10-28-15)9-25(2)17(27)14-8-23-26(16(14)18(20,21)22)13-6-4-5-11(19)7-13/h4-8,10H,3,9H2,1-2H3. The second-order valence-electron chi connectivity index (χ2n) is 6.04. The highest BCUT2D eigenvalue weighted by Crippen LogP contribution is 2.34. The lowest BCUT2D eigenvalue weighted by Crippen LogP contribution is -2.28. The van der Waals surface area contributed by atoms with Gasteiger partial charge in [-0.15, -0.1) is 11.3 Å². The maximum Gasteiger partial charge on any atom is 0.434 e. The maximum atomic E-state index is 13.8. The Hall–Kier alpha value is -2.39. The van der Waals surface area contributed by atoms with Gasteiger partial charge >= 0.3 is 6.18 Å². The number of carbonyl (C=O) groups excluding carboxylic acids is 1. The highest BCUT2D eigenvalue weighted by atomic mass is 35.5. The molecule has 5 nitrogen and oxygen atoms in total. The first-order valence-corrected chi connectivity index (χ1v) is 9.56. The molecule has 0 bridgehead atoms. The van der Waals surface area contributed by atoms with Gasteiger partial charge < -0.3 is 4.90 Å². The maximum absolute atomic E-state index is 13.8. The van der Waals surface area contributed by atoms with E-state index in [2.05, 4.69) is 10.1 Å². The van der Waals surface area contributed by atoms with Gasteiger partial charge in [-0.3, -0.25) is 4.79 Å². The molecular weight excluding hydrogens is 413 g/mol. The summed E-state index contributed by atoms with van der Waals surface area (Å²) < 4.78 is 41.9. The fourth-order valence-corrected chi connectivity index (χ4v) is 3.61. The molecular formula is C18H16ClF3N4OS. The quantitative estimate of drug-likeness (QED) is 0.584. The Morgan fingerprint density at radius 1 is 1.36 bits per heavy atom. The van der Waals surface area contributed by atoms with E-state index >= 15 is 0 Å². The number of carbonyl (C=O) groups is 1. The van der Waals surface area contributed by atoms with Crippen LogP contribution in [-0.4, -0.2) is 32.6 Å². The molecule has 148 valence electrons. The highest BCUT2D eigenvalue weighted by molar-refractivity contribution is 7.09. The molecule has 3 rings (SSSR count). The summed E-state index contributed by atoms with van der Waals surface area (Å²) >= 11 is 7.33. The number of nitrogens with zero attached hydrogens (tertiary/aromatic N) is 4. The molecule has 1 amide bonds. The van der Waals surface area contributed by atoms with Crippen molar-refractivity contribution >= 4 is 28.8 Å². The van der Waals surface area contributed by atoms with Gasteiger partial charge in [0.25, 0.3) is 5.91 Å². The van der Waals surface area contributed by atoms with Crippen LogP contribution in [0.4, 0.5) is 13.2 Å². The molecule has 0 aliphatic rings. The predicted octanol–water partition coefficient (Wildman–Crippen LogP) is 4.84. The third kappa shape index (κ3) is 4.20. The van der Waals surface area contributed by atoms with Crippen molar-refractivity contribution in [3.63, 3.8) is 0 Å². The number of hydrogen-bond acceptors (Lipinski definition) is 4. The SMILES string of the molecule is CCc1nc(CN(C)C(=O)c2cnn(-c3cccc(Cl)c3)c2C(F)(F)F)cs1. The Morgan fingerprint density at radius 3 is 2.71 bits per heavy atom. The van der Waals surface area contributed by atoms with E-state index in [1.165, 1.54) is 41.5 Å². The summed E-state index contributed by atoms with van der Waals surface area (Å²) in [7, 11) is 1.43. The third-order valence-corrected chi connectivity index (χ3v) is 5.25. The van der Waals surface area contributed by atoms with E-state index in [0.717, 1.165) is 17.6 Å². The molecule has 0 atom stereocenters. The van der Waals surface area contributed by atoms with Crippen molar-refractivity contribution in [3.05, 3.63) is 62.8 Å². The van der Waals surface area contributed by atoms with Crippen LogP contribution < -0.4 is 0 Å². The smallest absolute Gasteiger partial charge is 0.336 e. The summed E-state index contributed by atoms with van der Waals surface area (Å²) in [5, 5.41) is 6.76. The molecule has 28 heavy (non-hydrogen) atoms. The largest absolute Gasteiger partial charge is 0.434 e. The first-order valence-electron chi connectivity index (χ1n) is 8.30. The minimum absolute atomic E-state index is 0.106. The number of aromatic nitrogens is 3. The Morgan fingerprint density at radius 2 is 2.11 bits per heavy atom. The number of thiazole rings is 1. The summed E-state index contributed by atoms with van der Waals surface area (Å²) in [4.78, 5) is 18.3. The molecule has 0 unspecified atom stereocenters. The van der Waals surface area contributed by atoms with E-state index in [0.29, 0.717) is 10.4 Å². The van der Waals surface area contributed by atoms with Gasteiger partial charge in [0.15, 0.2) is 5.69 Å². The van der Waals surface area contributed by atoms with Crippen LogP contribution in [0.5, 0.6) is 0 Å². The zero-order chi connectivity index (χ0) is 20.5. The molecule has 0 spiro atoms. The first kappa shape index (κ1) is 20.3. The molecule has 1 aromatic carbocycles. The lowest BCUT2D eigenvalue weighted by molar-refractivity contribution is -0.143. The highest BCUT2D eigenvalue weighted by Gasteiger charge is 2.41. The van der Waals surface area contributed by atoms with Crippen molar-refractivity contribution < 1.29 is 18.0 Å². The monoisotopic (exact) mass is 428 g/mol. The Balaban J connectivity index is 1.95. The number of alkyl halides is 3. The molecule has 0 radical (unpaired) electrons. The van der Waals surface area contributed by atoms with Gasteiger partial charge in [-0.05, 0) is 24.6 Å². The average molecular weight is 429 g/mol. The number of rotatable bonds is 5. The van der Waals surface area contributed by atoms with Gasteiger partial charge in [0.05, 0.1) is 34.7 Å². The molecule has 2 aromatic heterocycles. The molecule has 2 heterocycles. The minimum atomic E-state index is -4.78. The van der Waals surface area contributed by atoms with Crippen molar-refractivity contribution in [3.8, 4) is 5.69 Å². The Bertz CT molecular complexity index is 999. The van der Waals surface area contributed by atoms with Gasteiger partial charge in [-0.2, -0.15) is 18.3 Å². The van der Waals surface area contributed by atoms with Gasteiger partial charge in [0, 0.05) is 17.5 Å². The summed E-state index contributed by atoms with van der Waals surface area (Å²) in [6.45, 7) is 2.06. The lowest BCUT2D eigenvalue weighted by atomic mass is 10.2. The van der Waals surface area contributed by atoms with Crippen LogP contribution in [0.1, 0.15) is 33.7 Å². The van der Waals surface area contributed by atoms with Crippen molar-refractivity contribution in [2.24, 2.45) is 0 Å². The fraction of sp³-hybridized carbons (Fsp3) is 0.278. The van der Waals surface area contributed by atoms with Crippen molar-refractivity contribution in [1.82, 2.24) is 19.7 Å². The van der Waals surface area contributed by atoms with E-state index in [4.69, 9.17) is 11.6 Å². The van der Waals surface area contributed by atoms with E-state index in [9.17, 15) is 18.0 Å². The van der Waals surface area contributed by atoms with Gasteiger partial charge in [0.1, 0.15) is 0 Å². The summed E-state index contributed by atoms with van der Waals surface area (Å²) in [5.74, 6) is -0.786. The molecule has 10 heteroatoms. The minimum Gasteiger partial charge on any atom is -0.336 e. The molecule has 0 aliphatic carbocycles. The van der Waals surface area contributed by atoms with Crippen molar-refractivity contribution in [1.29, 1.82) is 0 Å². The molecule has 0 aliphatic heterocycles. The van der Waals surface area contributed by atoms with Gasteiger partial charge in [0.2, 0.25) is 0 Å². The zero-order valence-electron chi connectivity index (χ0n) is 15.0. The van der Waals surface area contributed by atoms with Crippen LogP contribution >= 0.6 is 22.9 Å². The Kier molecular flexibility index (Phi) is 5.76. The normalized spacial score (nSPS) is 11.6. The number of aryl methyl sites for hydroxylation is 1. The topological polar surface area (TPSA) is 51.0 Å². The first-order chi connectivity index (χ1) is 13.2. The van der Waals surface area contributed by atoms with E-state index in [-0.39, 0.29) is 17.3 Å². The number of amides is 1. The van der Waals surface area contributed by atoms with Crippen LogP contribution in [0.15, 0.2) is 35.8 Å². The average Bonchev–Trinajstić information content (AvgIpc) is 3.27. The van der Waals surface area contributed by atoms with Gasteiger partial charge in [-0.1, -0.05) is 24.6 Å². The Labute approximate surface area is 168 Å². The second-order valence-corrected chi connectivity index (χ2v) is 7.42. The predicted molar refractivity (Wildman–Crippen MR) is 101 cm³/mol. The number of benzene rings is 1. The molecule has 3 aromatic rings. The molecule has 0 N–H and O–H groups in total.